The summed E-state index contributed by atoms with van der Waals surface area (Å²) in [6.07, 6.45) is 1.21. The first kappa shape index (κ1) is 12.0. The van der Waals surface area contributed by atoms with E-state index < -0.39 is 11.9 Å². The van der Waals surface area contributed by atoms with Crippen molar-refractivity contribution in [3.8, 4) is 0 Å². The van der Waals surface area contributed by atoms with Crippen LogP contribution in [0.4, 0.5) is 0 Å². The van der Waals surface area contributed by atoms with Crippen LogP contribution in [0.3, 0.4) is 0 Å². The van der Waals surface area contributed by atoms with Gasteiger partial charge >= 0.3 is 11.9 Å². The van der Waals surface area contributed by atoms with E-state index in [1.165, 1.54) is 17.8 Å². The molecule has 2 aromatic rings. The zero-order valence-corrected chi connectivity index (χ0v) is 10.1. The Bertz CT molecular complexity index is 660. The molecule has 7 nitrogen and oxygen atoms in total. The van der Waals surface area contributed by atoms with Crippen LogP contribution < -0.4 is 0 Å². The molecular weight excluding hydrogens is 238 g/mol. The van der Waals surface area contributed by atoms with Gasteiger partial charge in [-0.2, -0.15) is 5.10 Å². The molecule has 0 spiro atoms. The summed E-state index contributed by atoms with van der Waals surface area (Å²) in [6, 6.07) is 0. The van der Waals surface area contributed by atoms with Crippen molar-refractivity contribution >= 4 is 17.6 Å². The third-order valence-electron chi connectivity index (χ3n) is 2.68. The van der Waals surface area contributed by atoms with E-state index in [1.807, 2.05) is 0 Å². The van der Waals surface area contributed by atoms with Crippen molar-refractivity contribution < 1.29 is 19.4 Å². The van der Waals surface area contributed by atoms with Gasteiger partial charge < -0.3 is 9.84 Å². The average molecular weight is 249 g/mol. The number of aromatic carboxylic acids is 1. The summed E-state index contributed by atoms with van der Waals surface area (Å²) in [7, 11) is 1.27. The zero-order chi connectivity index (χ0) is 13.4. The molecule has 0 aromatic carbocycles. The molecule has 0 saturated heterocycles. The molecule has 0 fully saturated rings. The minimum Gasteiger partial charge on any atom is -0.477 e. The van der Waals surface area contributed by atoms with Crippen molar-refractivity contribution in [2.45, 2.75) is 13.8 Å². The van der Waals surface area contributed by atoms with Crippen LogP contribution in [0.1, 0.15) is 32.1 Å². The van der Waals surface area contributed by atoms with Gasteiger partial charge in [0.15, 0.2) is 5.65 Å². The Hall–Kier alpha value is -2.44. The number of carbonyl (C=O) groups is 2. The highest BCUT2D eigenvalue weighted by Gasteiger charge is 2.21. The summed E-state index contributed by atoms with van der Waals surface area (Å²) in [4.78, 5) is 26.7. The Labute approximate surface area is 102 Å². The molecule has 0 aliphatic rings. The number of carboxylic acid groups (broad SMARTS) is 1. The van der Waals surface area contributed by atoms with Crippen molar-refractivity contribution in [2.75, 3.05) is 7.11 Å². The van der Waals surface area contributed by atoms with Gasteiger partial charge in [0.2, 0.25) is 0 Å². The number of ether oxygens (including phenoxy) is 1. The number of aryl methyl sites for hydroxylation is 2. The van der Waals surface area contributed by atoms with E-state index in [9.17, 15) is 9.59 Å². The van der Waals surface area contributed by atoms with Crippen molar-refractivity contribution in [3.63, 3.8) is 0 Å². The lowest BCUT2D eigenvalue weighted by atomic mass is 10.1. The first-order valence-corrected chi connectivity index (χ1v) is 5.14. The molecule has 94 valence electrons. The monoisotopic (exact) mass is 249 g/mol. The lowest BCUT2D eigenvalue weighted by molar-refractivity contribution is 0.0597. The molecule has 2 heterocycles. The van der Waals surface area contributed by atoms with E-state index in [4.69, 9.17) is 5.11 Å². The van der Waals surface area contributed by atoms with Crippen LogP contribution in [0.15, 0.2) is 6.20 Å². The van der Waals surface area contributed by atoms with Crippen LogP contribution in [0, 0.1) is 13.8 Å². The predicted molar refractivity (Wildman–Crippen MR) is 60.8 cm³/mol. The third-order valence-corrected chi connectivity index (χ3v) is 2.68. The molecule has 0 atom stereocenters. The highest BCUT2D eigenvalue weighted by Crippen LogP contribution is 2.17. The van der Waals surface area contributed by atoms with Gasteiger partial charge in [0.25, 0.3) is 0 Å². The van der Waals surface area contributed by atoms with Crippen molar-refractivity contribution in [3.05, 3.63) is 28.7 Å². The molecule has 0 amide bonds. The maximum atomic E-state index is 11.6. The quantitative estimate of drug-likeness (QED) is 0.792. The first-order valence-electron chi connectivity index (χ1n) is 5.14. The van der Waals surface area contributed by atoms with E-state index in [2.05, 4.69) is 14.8 Å². The van der Waals surface area contributed by atoms with Crippen LogP contribution >= 0.6 is 0 Å². The highest BCUT2D eigenvalue weighted by molar-refractivity contribution is 5.96. The minimum absolute atomic E-state index is 0.00221. The molecule has 0 unspecified atom stereocenters. The predicted octanol–water partition coefficient (Wildman–Crippen LogP) is 0.831. The zero-order valence-electron chi connectivity index (χ0n) is 10.1. The van der Waals surface area contributed by atoms with Crippen LogP contribution in [0.5, 0.6) is 0 Å². The summed E-state index contributed by atoms with van der Waals surface area (Å²) < 4.78 is 5.99. The number of carboxylic acids is 1. The largest absolute Gasteiger partial charge is 0.477 e. The lowest BCUT2D eigenvalue weighted by Gasteiger charge is -2.08. The Balaban J connectivity index is 2.81. The number of carbonyl (C=O) groups excluding carboxylic acids is 1. The Morgan fingerprint density at radius 3 is 2.61 bits per heavy atom. The van der Waals surface area contributed by atoms with Gasteiger partial charge in [-0.1, -0.05) is 0 Å². The molecule has 0 aliphatic heterocycles. The number of nitrogens with zero attached hydrogens (tertiary/aromatic N) is 3. The first-order chi connectivity index (χ1) is 8.47. The summed E-state index contributed by atoms with van der Waals surface area (Å²) >= 11 is 0. The number of fused-ring (bicyclic) bond motifs is 1. The Morgan fingerprint density at radius 1 is 1.39 bits per heavy atom. The van der Waals surface area contributed by atoms with Gasteiger partial charge in [-0.15, -0.1) is 0 Å². The van der Waals surface area contributed by atoms with E-state index in [0.717, 1.165) is 0 Å². The maximum Gasteiger partial charge on any atom is 0.341 e. The van der Waals surface area contributed by atoms with E-state index in [0.29, 0.717) is 17.0 Å². The fraction of sp³-hybridized carbons (Fsp3) is 0.273. The van der Waals surface area contributed by atoms with E-state index >= 15 is 0 Å². The van der Waals surface area contributed by atoms with Gasteiger partial charge in [0, 0.05) is 0 Å². The maximum absolute atomic E-state index is 11.6. The molecule has 0 bridgehead atoms. The number of rotatable bonds is 2. The van der Waals surface area contributed by atoms with Crippen molar-refractivity contribution in [2.24, 2.45) is 0 Å². The third kappa shape index (κ3) is 1.60. The fourth-order valence-corrected chi connectivity index (χ4v) is 1.83. The Kier molecular flexibility index (Phi) is 2.74. The number of methoxy groups -OCH3 is 1. The average Bonchev–Trinajstić information content (AvgIpc) is 2.72. The van der Waals surface area contributed by atoms with Crippen LogP contribution in [-0.2, 0) is 4.74 Å². The molecule has 0 aliphatic carbocycles. The summed E-state index contributed by atoms with van der Waals surface area (Å²) in [5.74, 6) is -1.63. The highest BCUT2D eigenvalue weighted by atomic mass is 16.5. The molecular formula is C11H11N3O4. The standard InChI is InChI=1S/C11H11N3O4/c1-5-8(11(17)18-3)6(2)14-9(13-5)7(4-12-14)10(15)16/h4H,1-3H3,(H,15,16). The molecule has 2 aromatic heterocycles. The lowest BCUT2D eigenvalue weighted by Crippen LogP contribution is -2.13. The topological polar surface area (TPSA) is 93.8 Å². The molecule has 0 saturated carbocycles. The smallest absolute Gasteiger partial charge is 0.341 e. The molecule has 2 rings (SSSR count). The van der Waals surface area contributed by atoms with Crippen molar-refractivity contribution in [1.29, 1.82) is 0 Å². The second kappa shape index (κ2) is 4.10. The van der Waals surface area contributed by atoms with E-state index in [1.54, 1.807) is 13.8 Å². The summed E-state index contributed by atoms with van der Waals surface area (Å²) in [5.41, 5.74) is 1.42. The fourth-order valence-electron chi connectivity index (χ4n) is 1.83. The van der Waals surface area contributed by atoms with Gasteiger partial charge in [0.05, 0.1) is 24.7 Å². The minimum atomic E-state index is -1.11. The van der Waals surface area contributed by atoms with Gasteiger partial charge in [-0.05, 0) is 13.8 Å². The van der Waals surface area contributed by atoms with Crippen molar-refractivity contribution in [1.82, 2.24) is 14.6 Å². The normalized spacial score (nSPS) is 10.6. The second-order valence-electron chi connectivity index (χ2n) is 3.75. The van der Waals surface area contributed by atoms with Gasteiger partial charge in [-0.3, -0.25) is 0 Å². The number of aromatic nitrogens is 3. The number of esters is 1. The van der Waals surface area contributed by atoms with Crippen LogP contribution in [0.25, 0.3) is 5.65 Å². The van der Waals surface area contributed by atoms with Crippen LogP contribution in [-0.4, -0.2) is 38.8 Å². The van der Waals surface area contributed by atoms with E-state index in [-0.39, 0.29) is 11.2 Å². The SMILES string of the molecule is COC(=O)c1c(C)nc2c(C(=O)O)cnn2c1C. The molecule has 7 heteroatoms. The summed E-state index contributed by atoms with van der Waals surface area (Å²) in [6.45, 7) is 3.28. The molecule has 0 radical (unpaired) electrons. The van der Waals surface area contributed by atoms with Gasteiger partial charge in [0.1, 0.15) is 11.1 Å². The molecule has 18 heavy (non-hydrogen) atoms. The Morgan fingerprint density at radius 2 is 2.06 bits per heavy atom. The van der Waals surface area contributed by atoms with Gasteiger partial charge in [-0.25, -0.2) is 19.1 Å². The number of hydrogen-bond donors (Lipinski definition) is 1. The van der Waals surface area contributed by atoms with Crippen LogP contribution in [0.2, 0.25) is 0 Å². The summed E-state index contributed by atoms with van der Waals surface area (Å²) in [5, 5.41) is 12.9. The molecule has 1 N–H and O–H groups in total. The number of hydrogen-bond acceptors (Lipinski definition) is 5. The second-order valence-corrected chi connectivity index (χ2v) is 3.75.